The Morgan fingerprint density at radius 3 is 2.88 bits per heavy atom. The first-order valence-corrected chi connectivity index (χ1v) is 4.89. The van der Waals surface area contributed by atoms with Crippen LogP contribution in [0.4, 0.5) is 0 Å². The first kappa shape index (κ1) is 10.2. The van der Waals surface area contributed by atoms with Crippen LogP contribution in [-0.4, -0.2) is 24.7 Å². The highest BCUT2D eigenvalue weighted by Gasteiger charge is 2.05. The third-order valence-electron chi connectivity index (χ3n) is 2.07. The SMILES string of the molecule is CCc1cc(-n2cnc(C#N)n2)nc(C)n1. The number of rotatable bonds is 2. The lowest BCUT2D eigenvalue weighted by molar-refractivity contribution is 0.809. The van der Waals surface area contributed by atoms with Gasteiger partial charge in [-0.25, -0.2) is 19.6 Å². The van der Waals surface area contributed by atoms with Crippen molar-refractivity contribution in [3.05, 3.63) is 29.7 Å². The fraction of sp³-hybridized carbons (Fsp3) is 0.300. The van der Waals surface area contributed by atoms with Gasteiger partial charge in [-0.3, -0.25) is 0 Å². The van der Waals surface area contributed by atoms with Gasteiger partial charge in [0.05, 0.1) is 0 Å². The highest BCUT2D eigenvalue weighted by Crippen LogP contribution is 2.06. The monoisotopic (exact) mass is 214 g/mol. The van der Waals surface area contributed by atoms with Crippen LogP contribution in [0.3, 0.4) is 0 Å². The fourth-order valence-corrected chi connectivity index (χ4v) is 1.34. The zero-order valence-corrected chi connectivity index (χ0v) is 9.05. The molecule has 0 amide bonds. The van der Waals surface area contributed by atoms with Crippen LogP contribution >= 0.6 is 0 Å². The first-order chi connectivity index (χ1) is 7.72. The lowest BCUT2D eigenvalue weighted by Gasteiger charge is -2.03. The van der Waals surface area contributed by atoms with E-state index in [1.807, 2.05) is 26.0 Å². The summed E-state index contributed by atoms with van der Waals surface area (Å²) in [6.45, 7) is 3.85. The smallest absolute Gasteiger partial charge is 0.238 e. The molecule has 0 fully saturated rings. The van der Waals surface area contributed by atoms with Gasteiger partial charge in [-0.05, 0) is 13.3 Å². The minimum Gasteiger partial charge on any atom is -0.238 e. The van der Waals surface area contributed by atoms with Gasteiger partial charge in [-0.15, -0.1) is 5.10 Å². The summed E-state index contributed by atoms with van der Waals surface area (Å²) in [7, 11) is 0. The Labute approximate surface area is 92.6 Å². The van der Waals surface area contributed by atoms with Crippen molar-refractivity contribution in [1.82, 2.24) is 24.7 Å². The number of hydrogen-bond donors (Lipinski definition) is 0. The summed E-state index contributed by atoms with van der Waals surface area (Å²) < 4.78 is 1.48. The van der Waals surface area contributed by atoms with Crippen molar-refractivity contribution in [1.29, 1.82) is 5.26 Å². The predicted molar refractivity (Wildman–Crippen MR) is 55.8 cm³/mol. The molecule has 0 aromatic carbocycles. The molecule has 2 heterocycles. The van der Waals surface area contributed by atoms with Crippen molar-refractivity contribution in [2.75, 3.05) is 0 Å². The molecular weight excluding hydrogens is 204 g/mol. The third kappa shape index (κ3) is 1.88. The maximum atomic E-state index is 8.63. The highest BCUT2D eigenvalue weighted by molar-refractivity contribution is 5.24. The molecule has 0 N–H and O–H groups in total. The molecule has 0 aliphatic heterocycles. The predicted octanol–water partition coefficient (Wildman–Crippen LogP) is 0.800. The lowest BCUT2D eigenvalue weighted by Crippen LogP contribution is -2.03. The molecule has 0 spiro atoms. The summed E-state index contributed by atoms with van der Waals surface area (Å²) in [5.74, 6) is 1.45. The minimum absolute atomic E-state index is 0.134. The molecule has 0 aliphatic carbocycles. The van der Waals surface area contributed by atoms with Gasteiger partial charge >= 0.3 is 0 Å². The molecule has 0 saturated carbocycles. The second-order valence-electron chi connectivity index (χ2n) is 3.24. The molecule has 16 heavy (non-hydrogen) atoms. The summed E-state index contributed by atoms with van der Waals surface area (Å²) in [5.41, 5.74) is 0.941. The summed E-state index contributed by atoms with van der Waals surface area (Å²) >= 11 is 0. The summed E-state index contributed by atoms with van der Waals surface area (Å²) in [5, 5.41) is 12.6. The van der Waals surface area contributed by atoms with Gasteiger partial charge in [0.25, 0.3) is 5.82 Å². The molecular formula is C10H10N6. The van der Waals surface area contributed by atoms with E-state index in [4.69, 9.17) is 5.26 Å². The van der Waals surface area contributed by atoms with Crippen LogP contribution < -0.4 is 0 Å². The second-order valence-corrected chi connectivity index (χ2v) is 3.24. The molecule has 2 aromatic heterocycles. The van der Waals surface area contributed by atoms with E-state index in [-0.39, 0.29) is 5.82 Å². The molecule has 0 bridgehead atoms. The maximum Gasteiger partial charge on any atom is 0.252 e. The highest BCUT2D eigenvalue weighted by atomic mass is 15.4. The summed E-state index contributed by atoms with van der Waals surface area (Å²) in [6.07, 6.45) is 2.30. The maximum absolute atomic E-state index is 8.63. The zero-order chi connectivity index (χ0) is 11.5. The Morgan fingerprint density at radius 2 is 2.25 bits per heavy atom. The van der Waals surface area contributed by atoms with Gasteiger partial charge in [0.15, 0.2) is 5.82 Å². The molecule has 0 atom stereocenters. The molecule has 0 saturated heterocycles. The third-order valence-corrected chi connectivity index (χ3v) is 2.07. The van der Waals surface area contributed by atoms with Gasteiger partial charge in [-0.1, -0.05) is 6.92 Å². The van der Waals surface area contributed by atoms with Gasteiger partial charge in [-0.2, -0.15) is 5.26 Å². The van der Waals surface area contributed by atoms with Crippen LogP contribution in [0.5, 0.6) is 0 Å². The average molecular weight is 214 g/mol. The molecule has 0 unspecified atom stereocenters. The molecule has 0 radical (unpaired) electrons. The van der Waals surface area contributed by atoms with E-state index < -0.39 is 0 Å². The largest absolute Gasteiger partial charge is 0.252 e. The molecule has 80 valence electrons. The Kier molecular flexibility index (Phi) is 2.60. The van der Waals surface area contributed by atoms with Crippen molar-refractivity contribution >= 4 is 0 Å². The summed E-state index contributed by atoms with van der Waals surface area (Å²) in [6, 6.07) is 3.71. The molecule has 0 aliphatic rings. The number of hydrogen-bond acceptors (Lipinski definition) is 5. The topological polar surface area (TPSA) is 80.3 Å². The van der Waals surface area contributed by atoms with Gasteiger partial charge in [0.2, 0.25) is 0 Å². The number of nitrogens with zero attached hydrogens (tertiary/aromatic N) is 6. The molecule has 6 nitrogen and oxygen atoms in total. The van der Waals surface area contributed by atoms with E-state index in [9.17, 15) is 0 Å². The normalized spacial score (nSPS) is 10.1. The van der Waals surface area contributed by atoms with Crippen LogP contribution in [0.15, 0.2) is 12.4 Å². The Bertz CT molecular complexity index is 551. The van der Waals surface area contributed by atoms with Crippen molar-refractivity contribution in [3.63, 3.8) is 0 Å². The van der Waals surface area contributed by atoms with E-state index in [1.54, 1.807) is 0 Å². The van der Waals surface area contributed by atoms with Crippen LogP contribution in [0, 0.1) is 18.3 Å². The Balaban J connectivity index is 2.47. The van der Waals surface area contributed by atoms with Gasteiger partial charge in [0, 0.05) is 11.8 Å². The number of nitriles is 1. The van der Waals surface area contributed by atoms with Crippen molar-refractivity contribution in [2.45, 2.75) is 20.3 Å². The van der Waals surface area contributed by atoms with Crippen LogP contribution in [0.1, 0.15) is 24.3 Å². The van der Waals surface area contributed by atoms with E-state index in [0.29, 0.717) is 11.6 Å². The number of aromatic nitrogens is 5. The van der Waals surface area contributed by atoms with Crippen molar-refractivity contribution < 1.29 is 0 Å². The van der Waals surface area contributed by atoms with Crippen LogP contribution in [0.25, 0.3) is 5.82 Å². The first-order valence-electron chi connectivity index (χ1n) is 4.89. The second kappa shape index (κ2) is 4.06. The quantitative estimate of drug-likeness (QED) is 0.738. The molecule has 6 heteroatoms. The van der Waals surface area contributed by atoms with E-state index in [2.05, 4.69) is 20.1 Å². The van der Waals surface area contributed by atoms with Gasteiger partial charge in [0.1, 0.15) is 18.2 Å². The number of aryl methyl sites for hydroxylation is 2. The minimum atomic E-state index is 0.134. The van der Waals surface area contributed by atoms with E-state index >= 15 is 0 Å². The van der Waals surface area contributed by atoms with Crippen LogP contribution in [0.2, 0.25) is 0 Å². The Hall–Kier alpha value is -2.29. The van der Waals surface area contributed by atoms with E-state index in [0.717, 1.165) is 12.1 Å². The fourth-order valence-electron chi connectivity index (χ4n) is 1.34. The molecule has 2 aromatic rings. The van der Waals surface area contributed by atoms with E-state index in [1.165, 1.54) is 11.0 Å². The zero-order valence-electron chi connectivity index (χ0n) is 9.05. The lowest BCUT2D eigenvalue weighted by atomic mass is 10.3. The van der Waals surface area contributed by atoms with Crippen LogP contribution in [-0.2, 0) is 6.42 Å². The van der Waals surface area contributed by atoms with Gasteiger partial charge < -0.3 is 0 Å². The Morgan fingerprint density at radius 1 is 1.44 bits per heavy atom. The summed E-state index contributed by atoms with van der Waals surface area (Å²) in [4.78, 5) is 12.3. The standard InChI is InChI=1S/C10H10N6/c1-3-8-4-10(14-7(2)13-8)16-6-12-9(5-11)15-16/h4,6H,3H2,1-2H3. The average Bonchev–Trinajstić information content (AvgIpc) is 2.76. The van der Waals surface area contributed by atoms with Crippen molar-refractivity contribution in [2.24, 2.45) is 0 Å². The molecule has 2 rings (SSSR count). The van der Waals surface area contributed by atoms with Crippen molar-refractivity contribution in [3.8, 4) is 11.9 Å².